The maximum Gasteiger partial charge on any atom is 0.0577 e. The molecule has 0 heterocycles. The minimum Gasteiger partial charge on any atom is -0.393 e. The number of hydrogen-bond donors (Lipinski definition) is 1. The van der Waals surface area contributed by atoms with Crippen molar-refractivity contribution in [1.82, 2.24) is 0 Å². The van der Waals surface area contributed by atoms with Gasteiger partial charge in [0.05, 0.1) is 6.10 Å². The first-order valence-electron chi connectivity index (χ1n) is 8.19. The second-order valence-electron chi connectivity index (χ2n) is 6.50. The van der Waals surface area contributed by atoms with E-state index >= 15 is 0 Å². The predicted molar refractivity (Wildman–Crippen MR) is 83.8 cm³/mol. The highest BCUT2D eigenvalue weighted by Crippen LogP contribution is 2.61. The molecule has 0 amide bonds. The molecule has 0 bridgehead atoms. The van der Waals surface area contributed by atoms with Crippen molar-refractivity contribution in [2.24, 2.45) is 11.8 Å². The van der Waals surface area contributed by atoms with E-state index in [-0.39, 0.29) is 6.10 Å². The van der Waals surface area contributed by atoms with Crippen LogP contribution in [0.1, 0.15) is 55.6 Å². The van der Waals surface area contributed by atoms with Gasteiger partial charge in [0.2, 0.25) is 0 Å². The highest BCUT2D eigenvalue weighted by molar-refractivity contribution is 5.39. The van der Waals surface area contributed by atoms with E-state index in [1.165, 1.54) is 36.8 Å². The molecule has 3 rings (SSSR count). The molecule has 1 fully saturated rings. The molecule has 2 aliphatic carbocycles. The van der Waals surface area contributed by atoms with Crippen molar-refractivity contribution >= 4 is 0 Å². The summed E-state index contributed by atoms with van der Waals surface area (Å²) < 4.78 is 0. The Morgan fingerprint density at radius 1 is 1.25 bits per heavy atom. The number of aliphatic hydroxyl groups excluding tert-OH is 1. The molecule has 0 radical (unpaired) electrons. The van der Waals surface area contributed by atoms with Gasteiger partial charge >= 0.3 is 0 Å². The van der Waals surface area contributed by atoms with E-state index in [0.717, 1.165) is 25.2 Å². The molecular weight excluding hydrogens is 244 g/mol. The number of allylic oxidation sites excluding steroid dienone is 1. The minimum absolute atomic E-state index is 0.0834. The Kier molecular flexibility index (Phi) is 4.26. The Morgan fingerprint density at radius 2 is 2.10 bits per heavy atom. The number of aryl methyl sites for hydroxylation is 1. The molecule has 4 unspecified atom stereocenters. The van der Waals surface area contributed by atoms with Crippen LogP contribution in [0.2, 0.25) is 0 Å². The molecule has 20 heavy (non-hydrogen) atoms. The molecule has 1 aromatic carbocycles. The van der Waals surface area contributed by atoms with E-state index in [1.807, 2.05) is 6.08 Å². The van der Waals surface area contributed by atoms with E-state index in [2.05, 4.69) is 30.8 Å². The Labute approximate surface area is 122 Å². The van der Waals surface area contributed by atoms with E-state index in [1.54, 1.807) is 0 Å². The molecule has 4 atom stereocenters. The summed E-state index contributed by atoms with van der Waals surface area (Å²) in [7, 11) is 0. The second-order valence-corrected chi connectivity index (χ2v) is 6.50. The number of unbranched alkanes of at least 4 members (excludes halogenated alkanes) is 3. The maximum absolute atomic E-state index is 10.5. The zero-order valence-electron chi connectivity index (χ0n) is 12.3. The van der Waals surface area contributed by atoms with Crippen LogP contribution in [0.25, 0.3) is 0 Å². The lowest BCUT2D eigenvalue weighted by Crippen LogP contribution is -2.11. The Hall–Kier alpha value is -1.08. The van der Waals surface area contributed by atoms with Gasteiger partial charge in [0.1, 0.15) is 0 Å². The lowest BCUT2D eigenvalue weighted by atomic mass is 9.92. The Morgan fingerprint density at radius 3 is 2.95 bits per heavy atom. The lowest BCUT2D eigenvalue weighted by Gasteiger charge is -2.13. The highest BCUT2D eigenvalue weighted by atomic mass is 16.3. The van der Waals surface area contributed by atoms with Gasteiger partial charge < -0.3 is 5.11 Å². The molecule has 1 aromatic rings. The highest BCUT2D eigenvalue weighted by Gasteiger charge is 2.55. The molecule has 0 saturated heterocycles. The first-order valence-corrected chi connectivity index (χ1v) is 8.19. The zero-order valence-corrected chi connectivity index (χ0v) is 12.3. The molecule has 0 aliphatic heterocycles. The summed E-state index contributed by atoms with van der Waals surface area (Å²) in [6, 6.07) is 8.84. The molecule has 0 spiro atoms. The summed E-state index contributed by atoms with van der Waals surface area (Å²) in [6.45, 7) is 3.75. The van der Waals surface area contributed by atoms with Gasteiger partial charge in [-0.15, -0.1) is 6.58 Å². The van der Waals surface area contributed by atoms with Crippen molar-refractivity contribution in [3.8, 4) is 0 Å². The SMILES string of the molecule is C=CCCCCCC(O)C1C2CCc3ccccc3C21. The van der Waals surface area contributed by atoms with E-state index in [0.29, 0.717) is 11.8 Å². The monoisotopic (exact) mass is 270 g/mol. The van der Waals surface area contributed by atoms with Crippen molar-refractivity contribution in [1.29, 1.82) is 0 Å². The predicted octanol–water partition coefficient (Wildman–Crippen LogP) is 4.46. The van der Waals surface area contributed by atoms with Gasteiger partial charge in [-0.3, -0.25) is 0 Å². The number of fused-ring (bicyclic) bond motifs is 3. The summed E-state index contributed by atoms with van der Waals surface area (Å²) in [5, 5.41) is 10.5. The molecule has 0 aromatic heterocycles. The third-order valence-corrected chi connectivity index (χ3v) is 5.24. The first kappa shape index (κ1) is 13.9. The summed E-state index contributed by atoms with van der Waals surface area (Å²) in [4.78, 5) is 0. The van der Waals surface area contributed by atoms with Crippen LogP contribution in [0.15, 0.2) is 36.9 Å². The van der Waals surface area contributed by atoms with E-state index in [4.69, 9.17) is 0 Å². The second kappa shape index (κ2) is 6.13. The van der Waals surface area contributed by atoms with Crippen molar-refractivity contribution in [3.63, 3.8) is 0 Å². The third-order valence-electron chi connectivity index (χ3n) is 5.24. The molecule has 2 aliphatic rings. The normalized spacial score (nSPS) is 28.4. The average Bonchev–Trinajstić information content (AvgIpc) is 3.22. The van der Waals surface area contributed by atoms with Crippen LogP contribution in [0.4, 0.5) is 0 Å². The van der Waals surface area contributed by atoms with Crippen molar-refractivity contribution in [3.05, 3.63) is 48.0 Å². The van der Waals surface area contributed by atoms with Gasteiger partial charge in [-0.05, 0) is 61.0 Å². The largest absolute Gasteiger partial charge is 0.393 e. The number of benzene rings is 1. The molecule has 108 valence electrons. The average molecular weight is 270 g/mol. The summed E-state index contributed by atoms with van der Waals surface area (Å²) in [6.07, 6.45) is 10.1. The summed E-state index contributed by atoms with van der Waals surface area (Å²) in [5.41, 5.74) is 3.05. The van der Waals surface area contributed by atoms with Gasteiger partial charge in [-0.1, -0.05) is 43.2 Å². The van der Waals surface area contributed by atoms with Crippen LogP contribution in [0, 0.1) is 11.8 Å². The van der Waals surface area contributed by atoms with Crippen LogP contribution >= 0.6 is 0 Å². The van der Waals surface area contributed by atoms with Gasteiger partial charge in [0, 0.05) is 0 Å². The van der Waals surface area contributed by atoms with Gasteiger partial charge in [-0.25, -0.2) is 0 Å². The third kappa shape index (κ3) is 2.69. The number of aliphatic hydroxyl groups is 1. The van der Waals surface area contributed by atoms with Gasteiger partial charge in [0.15, 0.2) is 0 Å². The quantitative estimate of drug-likeness (QED) is 0.573. The van der Waals surface area contributed by atoms with Crippen LogP contribution in [-0.4, -0.2) is 11.2 Å². The molecule has 1 heteroatoms. The molecule has 1 nitrogen and oxygen atoms in total. The Balaban J connectivity index is 1.52. The van der Waals surface area contributed by atoms with Crippen LogP contribution in [0.5, 0.6) is 0 Å². The molecule has 1 N–H and O–H groups in total. The number of hydrogen-bond acceptors (Lipinski definition) is 1. The van der Waals surface area contributed by atoms with Gasteiger partial charge in [-0.2, -0.15) is 0 Å². The fourth-order valence-electron chi connectivity index (χ4n) is 4.16. The topological polar surface area (TPSA) is 20.2 Å². The maximum atomic E-state index is 10.5. The van der Waals surface area contributed by atoms with Crippen molar-refractivity contribution in [2.75, 3.05) is 0 Å². The fourth-order valence-corrected chi connectivity index (χ4v) is 4.16. The lowest BCUT2D eigenvalue weighted by molar-refractivity contribution is 0.130. The minimum atomic E-state index is -0.0834. The number of rotatable bonds is 7. The van der Waals surface area contributed by atoms with E-state index < -0.39 is 0 Å². The Bertz CT molecular complexity index is 465. The van der Waals surface area contributed by atoms with Crippen LogP contribution in [0.3, 0.4) is 0 Å². The van der Waals surface area contributed by atoms with Gasteiger partial charge in [0.25, 0.3) is 0 Å². The van der Waals surface area contributed by atoms with Crippen LogP contribution < -0.4 is 0 Å². The summed E-state index contributed by atoms with van der Waals surface area (Å²) >= 11 is 0. The first-order chi connectivity index (χ1) is 9.83. The van der Waals surface area contributed by atoms with Crippen molar-refractivity contribution < 1.29 is 5.11 Å². The van der Waals surface area contributed by atoms with Crippen LogP contribution in [-0.2, 0) is 6.42 Å². The zero-order chi connectivity index (χ0) is 13.9. The standard InChI is InChI=1S/C19H26O/c1-2-3-4-5-6-11-17(20)19-16-13-12-14-9-7-8-10-15(14)18(16)19/h2,7-10,16-20H,1,3-6,11-13H2. The smallest absolute Gasteiger partial charge is 0.0577 e. The molecular formula is C19H26O. The summed E-state index contributed by atoms with van der Waals surface area (Å²) in [5.74, 6) is 1.95. The molecule has 1 saturated carbocycles. The van der Waals surface area contributed by atoms with Crippen molar-refractivity contribution in [2.45, 2.75) is 57.0 Å². The fraction of sp³-hybridized carbons (Fsp3) is 0.579. The van der Waals surface area contributed by atoms with E-state index in [9.17, 15) is 5.11 Å².